The first-order valence-electron chi connectivity index (χ1n) is 9.64. The number of aromatic amines is 1. The van der Waals surface area contributed by atoms with E-state index in [2.05, 4.69) is 55.0 Å². The molecule has 0 aliphatic carbocycles. The van der Waals surface area contributed by atoms with E-state index in [1.807, 2.05) is 0 Å². The van der Waals surface area contributed by atoms with Crippen LogP contribution in [0.2, 0.25) is 0 Å². The van der Waals surface area contributed by atoms with Crippen LogP contribution in [0, 0.1) is 26.7 Å². The Morgan fingerprint density at radius 3 is 2.81 bits per heavy atom. The lowest BCUT2D eigenvalue weighted by Gasteiger charge is -2.21. The summed E-state index contributed by atoms with van der Waals surface area (Å²) >= 11 is 0. The van der Waals surface area contributed by atoms with Crippen LogP contribution in [0.15, 0.2) is 17.1 Å². The molecule has 2 N–H and O–H groups in total. The summed E-state index contributed by atoms with van der Waals surface area (Å²) in [4.78, 5) is 10.9. The monoisotopic (exact) mass is 484 g/mol. The number of nitrogens with one attached hydrogen (secondary N) is 2. The van der Waals surface area contributed by atoms with E-state index >= 15 is 0 Å². The predicted molar refractivity (Wildman–Crippen MR) is 124 cm³/mol. The van der Waals surface area contributed by atoms with Crippen LogP contribution in [0.25, 0.3) is 10.9 Å². The van der Waals surface area contributed by atoms with Gasteiger partial charge in [-0.15, -0.1) is 24.0 Å². The summed E-state index contributed by atoms with van der Waals surface area (Å²) in [5.74, 6) is 1.61. The van der Waals surface area contributed by atoms with Gasteiger partial charge in [0.05, 0.1) is 18.7 Å². The minimum Gasteiger partial charge on any atom is -0.384 e. The van der Waals surface area contributed by atoms with Crippen LogP contribution in [0.1, 0.15) is 35.7 Å². The first-order chi connectivity index (χ1) is 12.5. The summed E-state index contributed by atoms with van der Waals surface area (Å²) in [5, 5.41) is 4.78. The molecule has 27 heavy (non-hydrogen) atoms. The second kappa shape index (κ2) is 9.78. The van der Waals surface area contributed by atoms with Crippen LogP contribution in [0.3, 0.4) is 0 Å². The van der Waals surface area contributed by atoms with Gasteiger partial charge in [0.25, 0.3) is 0 Å². The molecule has 1 aliphatic rings. The van der Waals surface area contributed by atoms with Gasteiger partial charge in [0.1, 0.15) is 0 Å². The molecule has 3 rings (SSSR count). The number of methoxy groups -OCH3 is 1. The van der Waals surface area contributed by atoms with Gasteiger partial charge in [-0.25, -0.2) is 4.99 Å². The number of nitrogens with zero attached hydrogens (tertiary/aromatic N) is 2. The Labute approximate surface area is 180 Å². The predicted octanol–water partition coefficient (Wildman–Crippen LogP) is 4.14. The largest absolute Gasteiger partial charge is 0.384 e. The lowest BCUT2D eigenvalue weighted by molar-refractivity contribution is 0.157. The molecule has 0 spiro atoms. The van der Waals surface area contributed by atoms with Crippen LogP contribution in [0.5, 0.6) is 0 Å². The maximum atomic E-state index is 5.33. The summed E-state index contributed by atoms with van der Waals surface area (Å²) in [5.41, 5.74) is 6.35. The fraction of sp³-hybridized carbons (Fsp3) is 0.571. The van der Waals surface area contributed by atoms with Gasteiger partial charge in [-0.1, -0.05) is 11.6 Å². The minimum absolute atomic E-state index is 0. The number of H-pyrrole nitrogens is 1. The van der Waals surface area contributed by atoms with E-state index in [1.165, 1.54) is 39.7 Å². The molecule has 0 radical (unpaired) electrons. The molecule has 1 saturated heterocycles. The number of likely N-dealkylation sites (tertiary alicyclic amines) is 1. The van der Waals surface area contributed by atoms with E-state index < -0.39 is 0 Å². The third-order valence-electron chi connectivity index (χ3n) is 5.37. The van der Waals surface area contributed by atoms with Gasteiger partial charge in [0.2, 0.25) is 0 Å². The third kappa shape index (κ3) is 4.96. The standard InChI is InChI=1S/C21H32N4O.HI/c1-6-22-21(25-8-7-17(12-25)13-26-5)23-11-18-9-14(2)10-19-15(3)16(4)24-20(18)19;/h9-10,17,24H,6-8,11-13H2,1-5H3,(H,22,23);1H. The van der Waals surface area contributed by atoms with Crippen LogP contribution in [-0.4, -0.2) is 49.2 Å². The number of hydrogen-bond acceptors (Lipinski definition) is 2. The summed E-state index contributed by atoms with van der Waals surface area (Å²) in [6, 6.07) is 4.52. The smallest absolute Gasteiger partial charge is 0.194 e. The maximum absolute atomic E-state index is 5.33. The number of aryl methyl sites for hydroxylation is 3. The minimum atomic E-state index is 0. The molecule has 1 aromatic heterocycles. The number of fused-ring (bicyclic) bond motifs is 1. The van der Waals surface area contributed by atoms with E-state index in [0.717, 1.165) is 32.2 Å². The number of hydrogen-bond donors (Lipinski definition) is 2. The quantitative estimate of drug-likeness (QED) is 0.381. The SMILES string of the molecule is CCNC(=NCc1cc(C)cc2c(C)c(C)[nH]c12)N1CCC(COC)C1.I. The molecule has 0 saturated carbocycles. The van der Waals surface area contributed by atoms with Crippen LogP contribution >= 0.6 is 24.0 Å². The molecule has 1 aliphatic heterocycles. The van der Waals surface area contributed by atoms with Gasteiger partial charge in [0, 0.05) is 43.7 Å². The highest BCUT2D eigenvalue weighted by molar-refractivity contribution is 14.0. The van der Waals surface area contributed by atoms with Crippen molar-refractivity contribution in [3.8, 4) is 0 Å². The average Bonchev–Trinajstić information content (AvgIpc) is 3.18. The van der Waals surface area contributed by atoms with E-state index in [0.29, 0.717) is 12.5 Å². The highest BCUT2D eigenvalue weighted by atomic mass is 127. The number of aliphatic imine (C=N–C) groups is 1. The van der Waals surface area contributed by atoms with Crippen molar-refractivity contribution in [2.75, 3.05) is 33.4 Å². The Morgan fingerprint density at radius 2 is 2.11 bits per heavy atom. The molecule has 2 heterocycles. The zero-order valence-electron chi connectivity index (χ0n) is 17.2. The van der Waals surface area contributed by atoms with Crippen molar-refractivity contribution in [2.45, 2.75) is 40.7 Å². The summed E-state index contributed by atoms with van der Waals surface area (Å²) in [6.45, 7) is 13.1. The Balaban J connectivity index is 0.00000261. The van der Waals surface area contributed by atoms with Gasteiger partial charge in [-0.2, -0.15) is 0 Å². The van der Waals surface area contributed by atoms with Crippen LogP contribution in [0.4, 0.5) is 0 Å². The summed E-state index contributed by atoms with van der Waals surface area (Å²) < 4.78 is 5.33. The Bertz CT molecular complexity index is 799. The maximum Gasteiger partial charge on any atom is 0.194 e. The summed E-state index contributed by atoms with van der Waals surface area (Å²) in [6.07, 6.45) is 1.17. The topological polar surface area (TPSA) is 52.7 Å². The summed E-state index contributed by atoms with van der Waals surface area (Å²) in [7, 11) is 1.78. The normalized spacial score (nSPS) is 17.4. The Hall–Kier alpha value is -1.28. The molecule has 1 atom stereocenters. The molecule has 0 amide bonds. The fourth-order valence-electron chi connectivity index (χ4n) is 3.90. The zero-order chi connectivity index (χ0) is 18.7. The first kappa shape index (κ1) is 22.0. The van der Waals surface area contributed by atoms with Crippen molar-refractivity contribution in [1.29, 1.82) is 0 Å². The molecule has 1 fully saturated rings. The van der Waals surface area contributed by atoms with Crippen molar-refractivity contribution < 1.29 is 4.74 Å². The lowest BCUT2D eigenvalue weighted by Crippen LogP contribution is -2.40. The molecule has 150 valence electrons. The second-order valence-electron chi connectivity index (χ2n) is 7.45. The lowest BCUT2D eigenvalue weighted by atomic mass is 10.0. The van der Waals surface area contributed by atoms with Crippen molar-refractivity contribution in [3.05, 3.63) is 34.5 Å². The Morgan fingerprint density at radius 1 is 1.33 bits per heavy atom. The molecule has 5 nitrogen and oxygen atoms in total. The first-order valence-corrected chi connectivity index (χ1v) is 9.64. The van der Waals surface area contributed by atoms with Crippen LogP contribution in [-0.2, 0) is 11.3 Å². The number of guanidine groups is 1. The highest BCUT2D eigenvalue weighted by Crippen LogP contribution is 2.26. The van der Waals surface area contributed by atoms with E-state index in [4.69, 9.17) is 9.73 Å². The average molecular weight is 484 g/mol. The molecule has 2 aromatic rings. The Kier molecular flexibility index (Phi) is 7.97. The molecule has 0 bridgehead atoms. The van der Waals surface area contributed by atoms with Crippen molar-refractivity contribution >= 4 is 40.8 Å². The number of aromatic nitrogens is 1. The molecule has 1 aromatic carbocycles. The van der Waals surface area contributed by atoms with Gasteiger partial charge < -0.3 is 19.9 Å². The zero-order valence-corrected chi connectivity index (χ0v) is 19.5. The van der Waals surface area contributed by atoms with Gasteiger partial charge in [0.15, 0.2) is 5.96 Å². The fourth-order valence-corrected chi connectivity index (χ4v) is 3.90. The molecular formula is C21H33IN4O. The molecule has 6 heteroatoms. The van der Waals surface area contributed by atoms with Crippen LogP contribution < -0.4 is 5.32 Å². The van der Waals surface area contributed by atoms with Gasteiger partial charge >= 0.3 is 0 Å². The number of ether oxygens (including phenoxy) is 1. The van der Waals surface area contributed by atoms with Crippen molar-refractivity contribution in [1.82, 2.24) is 15.2 Å². The van der Waals surface area contributed by atoms with Gasteiger partial charge in [-0.05, 0) is 51.3 Å². The van der Waals surface area contributed by atoms with Crippen molar-refractivity contribution in [3.63, 3.8) is 0 Å². The number of halogens is 1. The molecule has 1 unspecified atom stereocenters. The number of benzene rings is 1. The third-order valence-corrected chi connectivity index (χ3v) is 5.37. The van der Waals surface area contributed by atoms with E-state index in [9.17, 15) is 0 Å². The van der Waals surface area contributed by atoms with E-state index in [-0.39, 0.29) is 24.0 Å². The van der Waals surface area contributed by atoms with E-state index in [1.54, 1.807) is 7.11 Å². The highest BCUT2D eigenvalue weighted by Gasteiger charge is 2.24. The molecular weight excluding hydrogens is 451 g/mol. The van der Waals surface area contributed by atoms with Gasteiger partial charge in [-0.3, -0.25) is 0 Å². The number of rotatable bonds is 5. The van der Waals surface area contributed by atoms with Crippen molar-refractivity contribution in [2.24, 2.45) is 10.9 Å². The second-order valence-corrected chi connectivity index (χ2v) is 7.45.